The van der Waals surface area contributed by atoms with E-state index >= 15 is 0 Å². The zero-order valence-electron chi connectivity index (χ0n) is 13.9. The first-order valence-corrected chi connectivity index (χ1v) is 9.49. The molecule has 0 aliphatic carbocycles. The number of hydrogen-bond acceptors (Lipinski definition) is 4. The molecule has 1 unspecified atom stereocenters. The van der Waals surface area contributed by atoms with Crippen LogP contribution in [0, 0.1) is 0 Å². The van der Waals surface area contributed by atoms with Gasteiger partial charge in [0, 0.05) is 23.1 Å². The molecule has 8 heteroatoms. The van der Waals surface area contributed by atoms with Crippen LogP contribution >= 0.6 is 23.2 Å². The molecule has 25 heavy (non-hydrogen) atoms. The van der Waals surface area contributed by atoms with Gasteiger partial charge in [-0.2, -0.15) is 4.31 Å². The summed E-state index contributed by atoms with van der Waals surface area (Å²) in [6.45, 7) is 1.72. The SMILES string of the molecule is COC(=O)c1cccc(S(=O)(=O)N(C)C(C)c2ccc(Cl)cc2Cl)c1. The Hall–Kier alpha value is -1.60. The molecule has 1 atom stereocenters. The Morgan fingerprint density at radius 2 is 1.84 bits per heavy atom. The monoisotopic (exact) mass is 401 g/mol. The van der Waals surface area contributed by atoms with Crippen LogP contribution in [0.2, 0.25) is 10.0 Å². The zero-order chi connectivity index (χ0) is 18.8. The van der Waals surface area contributed by atoms with E-state index in [0.717, 1.165) is 0 Å². The Labute approximate surface area is 157 Å². The molecule has 2 rings (SSSR count). The van der Waals surface area contributed by atoms with Crippen molar-refractivity contribution in [2.24, 2.45) is 0 Å². The molecule has 0 spiro atoms. The van der Waals surface area contributed by atoms with Crippen LogP contribution in [-0.4, -0.2) is 32.8 Å². The third kappa shape index (κ3) is 4.15. The number of methoxy groups -OCH3 is 1. The summed E-state index contributed by atoms with van der Waals surface area (Å²) in [6, 6.07) is 10.1. The number of halogens is 2. The molecular weight excluding hydrogens is 385 g/mol. The minimum absolute atomic E-state index is 0.00478. The van der Waals surface area contributed by atoms with E-state index in [4.69, 9.17) is 23.2 Å². The van der Waals surface area contributed by atoms with Crippen molar-refractivity contribution in [2.45, 2.75) is 17.9 Å². The van der Waals surface area contributed by atoms with Gasteiger partial charge in [0.1, 0.15) is 0 Å². The molecule has 0 amide bonds. The molecule has 0 saturated carbocycles. The lowest BCUT2D eigenvalue weighted by Crippen LogP contribution is -2.30. The van der Waals surface area contributed by atoms with E-state index in [-0.39, 0.29) is 10.5 Å². The summed E-state index contributed by atoms with van der Waals surface area (Å²) in [5.74, 6) is -0.603. The first-order valence-electron chi connectivity index (χ1n) is 7.30. The second-order valence-electron chi connectivity index (χ2n) is 5.38. The molecule has 0 aromatic heterocycles. The number of carbonyl (C=O) groups is 1. The highest BCUT2D eigenvalue weighted by Gasteiger charge is 2.28. The molecule has 134 valence electrons. The molecule has 0 N–H and O–H groups in total. The van der Waals surface area contributed by atoms with E-state index in [1.54, 1.807) is 25.1 Å². The molecule has 2 aromatic rings. The van der Waals surface area contributed by atoms with Crippen LogP contribution in [0.1, 0.15) is 28.9 Å². The third-order valence-electron chi connectivity index (χ3n) is 3.89. The van der Waals surface area contributed by atoms with E-state index in [9.17, 15) is 13.2 Å². The number of ether oxygens (including phenoxy) is 1. The molecule has 5 nitrogen and oxygen atoms in total. The van der Waals surface area contributed by atoms with Crippen LogP contribution in [0.3, 0.4) is 0 Å². The summed E-state index contributed by atoms with van der Waals surface area (Å²) >= 11 is 12.1. The minimum atomic E-state index is -3.84. The second-order valence-corrected chi connectivity index (χ2v) is 8.22. The van der Waals surface area contributed by atoms with Crippen LogP contribution < -0.4 is 0 Å². The van der Waals surface area contributed by atoms with Crippen LogP contribution in [0.25, 0.3) is 0 Å². The van der Waals surface area contributed by atoms with Crippen LogP contribution in [0.15, 0.2) is 47.4 Å². The molecule has 0 aliphatic rings. The van der Waals surface area contributed by atoms with Gasteiger partial charge in [0.15, 0.2) is 0 Å². The maximum Gasteiger partial charge on any atom is 0.337 e. The minimum Gasteiger partial charge on any atom is -0.465 e. The predicted molar refractivity (Wildman–Crippen MR) is 97.6 cm³/mol. The van der Waals surface area contributed by atoms with Gasteiger partial charge in [0.2, 0.25) is 10.0 Å². The molecule has 2 aromatic carbocycles. The smallest absolute Gasteiger partial charge is 0.337 e. The summed E-state index contributed by atoms with van der Waals surface area (Å²) in [4.78, 5) is 11.6. The first-order chi connectivity index (χ1) is 11.7. The highest BCUT2D eigenvalue weighted by atomic mass is 35.5. The molecular formula is C17H17Cl2NO4S. The number of carbonyl (C=O) groups excluding carboxylic acids is 1. The Morgan fingerprint density at radius 1 is 1.16 bits per heavy atom. The van der Waals surface area contributed by atoms with Gasteiger partial charge >= 0.3 is 5.97 Å². The molecule has 0 heterocycles. The molecule has 0 radical (unpaired) electrons. The highest BCUT2D eigenvalue weighted by molar-refractivity contribution is 7.89. The summed E-state index contributed by atoms with van der Waals surface area (Å²) in [6.07, 6.45) is 0. The predicted octanol–water partition coefficient (Wildman–Crippen LogP) is 4.16. The number of rotatable bonds is 5. The van der Waals surface area contributed by atoms with E-state index in [1.165, 1.54) is 42.7 Å². The normalized spacial score (nSPS) is 12.9. The molecule has 0 aliphatic heterocycles. The lowest BCUT2D eigenvalue weighted by atomic mass is 10.1. The van der Waals surface area contributed by atoms with Gasteiger partial charge in [0.05, 0.1) is 17.6 Å². The first kappa shape index (κ1) is 19.7. The highest BCUT2D eigenvalue weighted by Crippen LogP contribution is 2.32. The molecule has 0 fully saturated rings. The van der Waals surface area contributed by atoms with Gasteiger partial charge in [0.25, 0.3) is 0 Å². The summed E-state index contributed by atoms with van der Waals surface area (Å²) in [5, 5.41) is 0.850. The van der Waals surface area contributed by atoms with E-state index < -0.39 is 22.0 Å². The largest absolute Gasteiger partial charge is 0.465 e. The maximum atomic E-state index is 12.9. The average molecular weight is 402 g/mol. The third-order valence-corrected chi connectivity index (χ3v) is 6.38. The number of benzene rings is 2. The fraction of sp³-hybridized carbons (Fsp3) is 0.235. The average Bonchev–Trinajstić information content (AvgIpc) is 2.59. The number of sulfonamides is 1. The second kappa shape index (κ2) is 7.74. The Balaban J connectivity index is 2.40. The van der Waals surface area contributed by atoms with Gasteiger partial charge in [-0.15, -0.1) is 0 Å². The van der Waals surface area contributed by atoms with Crippen molar-refractivity contribution in [1.82, 2.24) is 4.31 Å². The van der Waals surface area contributed by atoms with Crippen LogP contribution in [-0.2, 0) is 14.8 Å². The van der Waals surface area contributed by atoms with Gasteiger partial charge in [-0.25, -0.2) is 13.2 Å². The van der Waals surface area contributed by atoms with Crippen molar-refractivity contribution >= 4 is 39.2 Å². The van der Waals surface area contributed by atoms with Crippen molar-refractivity contribution in [2.75, 3.05) is 14.2 Å². The Kier molecular flexibility index (Phi) is 6.11. The van der Waals surface area contributed by atoms with Gasteiger partial charge in [-0.1, -0.05) is 35.3 Å². The van der Waals surface area contributed by atoms with Gasteiger partial charge in [-0.05, 0) is 42.8 Å². The molecule has 0 bridgehead atoms. The fourth-order valence-electron chi connectivity index (χ4n) is 2.31. The van der Waals surface area contributed by atoms with E-state index in [1.807, 2.05) is 0 Å². The van der Waals surface area contributed by atoms with Crippen molar-refractivity contribution in [3.63, 3.8) is 0 Å². The number of esters is 1. The van der Waals surface area contributed by atoms with E-state index in [2.05, 4.69) is 4.74 Å². The Bertz CT molecular complexity index is 899. The lowest BCUT2D eigenvalue weighted by molar-refractivity contribution is 0.0600. The van der Waals surface area contributed by atoms with Gasteiger partial charge < -0.3 is 4.74 Å². The Morgan fingerprint density at radius 3 is 2.44 bits per heavy atom. The fourth-order valence-corrected chi connectivity index (χ4v) is 4.27. The summed E-state index contributed by atoms with van der Waals surface area (Å²) in [7, 11) is -1.15. The zero-order valence-corrected chi connectivity index (χ0v) is 16.2. The summed E-state index contributed by atoms with van der Waals surface area (Å²) < 4.78 is 31.6. The van der Waals surface area contributed by atoms with Crippen LogP contribution in [0.4, 0.5) is 0 Å². The number of nitrogens with zero attached hydrogens (tertiary/aromatic N) is 1. The molecule has 0 saturated heterocycles. The number of hydrogen-bond donors (Lipinski definition) is 0. The lowest BCUT2D eigenvalue weighted by Gasteiger charge is -2.25. The topological polar surface area (TPSA) is 63.7 Å². The van der Waals surface area contributed by atoms with Crippen molar-refractivity contribution in [1.29, 1.82) is 0 Å². The van der Waals surface area contributed by atoms with Crippen molar-refractivity contribution < 1.29 is 17.9 Å². The summed E-state index contributed by atoms with van der Waals surface area (Å²) in [5.41, 5.74) is 0.787. The van der Waals surface area contributed by atoms with Crippen LogP contribution in [0.5, 0.6) is 0 Å². The van der Waals surface area contributed by atoms with Crippen molar-refractivity contribution in [3.8, 4) is 0 Å². The maximum absolute atomic E-state index is 12.9. The quantitative estimate of drug-likeness (QED) is 0.705. The van der Waals surface area contributed by atoms with Crippen molar-refractivity contribution in [3.05, 3.63) is 63.6 Å². The standard InChI is InChI=1S/C17H17Cl2NO4S/c1-11(15-8-7-13(18)10-16(15)19)20(2)25(22,23)14-6-4-5-12(9-14)17(21)24-3/h4-11H,1-3H3. The van der Waals surface area contributed by atoms with E-state index in [0.29, 0.717) is 15.6 Å². The van der Waals surface area contributed by atoms with Gasteiger partial charge in [-0.3, -0.25) is 0 Å².